The minimum absolute atomic E-state index is 0.119. The van der Waals surface area contributed by atoms with Gasteiger partial charge in [-0.1, -0.05) is 12.1 Å². The highest BCUT2D eigenvalue weighted by molar-refractivity contribution is 8.24. The van der Waals surface area contributed by atoms with Crippen molar-refractivity contribution in [2.75, 3.05) is 25.6 Å². The summed E-state index contributed by atoms with van der Waals surface area (Å²) < 4.78 is 35.4. The maximum absolute atomic E-state index is 13.7. The lowest BCUT2D eigenvalue weighted by molar-refractivity contribution is 0.0827. The van der Waals surface area contributed by atoms with E-state index < -0.39 is 16.1 Å². The maximum Gasteiger partial charge on any atom is 0.253 e. The van der Waals surface area contributed by atoms with E-state index in [1.54, 1.807) is 67.3 Å². The van der Waals surface area contributed by atoms with Crippen LogP contribution in [0, 0.1) is 5.82 Å². The number of hydrogen-bond donors (Lipinski definition) is 3. The van der Waals surface area contributed by atoms with Gasteiger partial charge in [0.2, 0.25) is 0 Å². The predicted molar refractivity (Wildman–Crippen MR) is 148 cm³/mol. The Kier molecular flexibility index (Phi) is 6.50. The van der Waals surface area contributed by atoms with Gasteiger partial charge in [-0.3, -0.25) is 18.7 Å². The van der Waals surface area contributed by atoms with Gasteiger partial charge in [0.25, 0.3) is 11.8 Å². The van der Waals surface area contributed by atoms with Crippen molar-refractivity contribution in [1.82, 2.24) is 20.0 Å². The molecule has 0 radical (unpaired) electrons. The third-order valence-electron chi connectivity index (χ3n) is 6.75. The topological polar surface area (TPSA) is 108 Å². The van der Waals surface area contributed by atoms with Gasteiger partial charge in [0, 0.05) is 41.9 Å². The van der Waals surface area contributed by atoms with E-state index in [2.05, 4.69) is 5.32 Å². The largest absolute Gasteiger partial charge is 0.345 e. The van der Waals surface area contributed by atoms with Crippen molar-refractivity contribution < 1.29 is 23.1 Å². The first-order chi connectivity index (χ1) is 17.9. The maximum atomic E-state index is 13.7. The normalized spacial score (nSPS) is 19.3. The summed E-state index contributed by atoms with van der Waals surface area (Å²) in [7, 11) is 0.687. The Bertz CT molecular complexity index is 1550. The molecule has 8 nitrogen and oxygen atoms in total. The molecule has 0 aliphatic carbocycles. The van der Waals surface area contributed by atoms with Crippen LogP contribution in [0.25, 0.3) is 27.8 Å². The third-order valence-corrected chi connectivity index (χ3v) is 8.71. The molecule has 1 unspecified atom stereocenters. The smallest absolute Gasteiger partial charge is 0.253 e. The van der Waals surface area contributed by atoms with Gasteiger partial charge in [0.15, 0.2) is 0 Å². The second-order valence-corrected chi connectivity index (χ2v) is 12.5. The van der Waals surface area contributed by atoms with Crippen LogP contribution in [0.2, 0.25) is 0 Å². The molecule has 5 rings (SSSR count). The summed E-state index contributed by atoms with van der Waals surface area (Å²) in [5.74, 6) is -0.466. The molecule has 38 heavy (non-hydrogen) atoms. The lowest BCUT2D eigenvalue weighted by Gasteiger charge is -2.30. The van der Waals surface area contributed by atoms with Crippen LogP contribution in [0.15, 0.2) is 66.7 Å². The number of hydrogen-bond acceptors (Lipinski definition) is 5. The van der Waals surface area contributed by atoms with E-state index in [4.69, 9.17) is 5.10 Å². The second kappa shape index (κ2) is 9.54. The molecule has 1 fully saturated rings. The highest BCUT2D eigenvalue weighted by Gasteiger charge is 2.39. The van der Waals surface area contributed by atoms with Gasteiger partial charge in [0.05, 0.1) is 22.5 Å². The molecule has 4 aromatic rings. The van der Waals surface area contributed by atoms with E-state index >= 15 is 0 Å². The van der Waals surface area contributed by atoms with Crippen LogP contribution in [0.5, 0.6) is 0 Å². The number of aromatic nitrogens is 2. The predicted octanol–water partition coefficient (Wildman–Crippen LogP) is 5.18. The molecule has 1 aliphatic rings. The standard InChI is InChI=1S/C28H29FN4O4S/c1-28(13-14-38(36,37)17-28)30-26(34)19-7-12-23-24(16-19)33(22-10-8-21(29)9-11-22)31-25(23)18-5-4-6-20(15-18)27(35)32(2)3/h4-12,15-16,36-37H,13-14,17H2,1-3H3,(H,30,34). The van der Waals surface area contributed by atoms with E-state index in [1.807, 2.05) is 13.0 Å². The van der Waals surface area contributed by atoms with E-state index in [0.29, 0.717) is 34.4 Å². The van der Waals surface area contributed by atoms with E-state index in [0.717, 1.165) is 10.9 Å². The Labute approximate surface area is 221 Å². The molecule has 10 heteroatoms. The van der Waals surface area contributed by atoms with Crippen LogP contribution in [-0.2, 0) is 0 Å². The fraction of sp³-hybridized carbons (Fsp3) is 0.250. The van der Waals surface area contributed by atoms with Crippen LogP contribution in [0.1, 0.15) is 34.1 Å². The van der Waals surface area contributed by atoms with Crippen molar-refractivity contribution in [3.8, 4) is 16.9 Å². The molecule has 0 saturated carbocycles. The zero-order chi connectivity index (χ0) is 27.2. The third kappa shape index (κ3) is 5.02. The van der Waals surface area contributed by atoms with Crippen molar-refractivity contribution in [3.05, 3.63) is 83.7 Å². The Morgan fingerprint density at radius 2 is 1.79 bits per heavy atom. The molecule has 3 N–H and O–H groups in total. The number of amides is 2. The first-order valence-corrected chi connectivity index (χ1v) is 14.0. The molecular formula is C28H29FN4O4S. The molecule has 2 amide bonds. The number of halogens is 1. The van der Waals surface area contributed by atoms with Gasteiger partial charge >= 0.3 is 0 Å². The first-order valence-electron chi connectivity index (χ1n) is 12.1. The summed E-state index contributed by atoms with van der Waals surface area (Å²) in [5.41, 5.74) is 2.76. The van der Waals surface area contributed by atoms with Gasteiger partial charge in [-0.2, -0.15) is 15.7 Å². The lowest BCUT2D eigenvalue weighted by Crippen LogP contribution is -2.46. The quantitative estimate of drug-likeness (QED) is 0.326. The number of nitrogens with zero attached hydrogens (tertiary/aromatic N) is 3. The van der Waals surface area contributed by atoms with Crippen molar-refractivity contribution in [2.24, 2.45) is 0 Å². The second-order valence-electron chi connectivity index (χ2n) is 10.2. The van der Waals surface area contributed by atoms with Crippen molar-refractivity contribution in [1.29, 1.82) is 0 Å². The van der Waals surface area contributed by atoms with E-state index in [9.17, 15) is 23.1 Å². The lowest BCUT2D eigenvalue weighted by atomic mass is 10.0. The summed E-state index contributed by atoms with van der Waals surface area (Å²) in [6, 6.07) is 18.3. The number of carbonyl (C=O) groups excluding carboxylic acids is 2. The van der Waals surface area contributed by atoms with Crippen molar-refractivity contribution >= 4 is 33.3 Å². The van der Waals surface area contributed by atoms with Gasteiger partial charge < -0.3 is 10.2 Å². The van der Waals surface area contributed by atoms with Crippen LogP contribution >= 0.6 is 10.6 Å². The molecule has 2 heterocycles. The molecule has 3 aromatic carbocycles. The zero-order valence-electron chi connectivity index (χ0n) is 21.3. The fourth-order valence-corrected chi connectivity index (χ4v) is 6.95. The minimum atomic E-state index is -2.69. The van der Waals surface area contributed by atoms with E-state index in [-0.39, 0.29) is 29.1 Å². The van der Waals surface area contributed by atoms with Crippen LogP contribution in [0.4, 0.5) is 4.39 Å². The van der Waals surface area contributed by atoms with Crippen LogP contribution in [0.3, 0.4) is 0 Å². The summed E-state index contributed by atoms with van der Waals surface area (Å²) in [6.07, 6.45) is 0.475. The Morgan fingerprint density at radius 3 is 2.45 bits per heavy atom. The monoisotopic (exact) mass is 536 g/mol. The number of nitrogens with one attached hydrogen (secondary N) is 1. The van der Waals surface area contributed by atoms with Gasteiger partial charge in [0.1, 0.15) is 11.5 Å². The fourth-order valence-electron chi connectivity index (χ4n) is 4.79. The molecule has 0 bridgehead atoms. The molecule has 1 aromatic heterocycles. The SMILES string of the molecule is CN(C)C(=O)c1cccc(-c2nn(-c3ccc(F)cc3)c3cc(C(=O)NC4(C)CCS(O)(O)C4)ccc23)c1. The Morgan fingerprint density at radius 1 is 1.05 bits per heavy atom. The van der Waals surface area contributed by atoms with Gasteiger partial charge in [-0.25, -0.2) is 9.07 Å². The molecule has 1 atom stereocenters. The minimum Gasteiger partial charge on any atom is -0.345 e. The first kappa shape index (κ1) is 25.9. The van der Waals surface area contributed by atoms with Crippen LogP contribution in [-0.4, -0.2) is 66.7 Å². The highest BCUT2D eigenvalue weighted by atomic mass is 32.3. The molecular weight excluding hydrogens is 507 g/mol. The Hall–Kier alpha value is -3.73. The van der Waals surface area contributed by atoms with Crippen molar-refractivity contribution in [3.63, 3.8) is 0 Å². The zero-order valence-corrected chi connectivity index (χ0v) is 22.1. The highest BCUT2D eigenvalue weighted by Crippen LogP contribution is 2.50. The van der Waals surface area contributed by atoms with Crippen molar-refractivity contribution in [2.45, 2.75) is 18.9 Å². The number of carbonyl (C=O) groups is 2. The van der Waals surface area contributed by atoms with Gasteiger partial charge in [-0.15, -0.1) is 0 Å². The molecule has 0 spiro atoms. The average Bonchev–Trinajstić information content (AvgIpc) is 3.39. The average molecular weight is 537 g/mol. The van der Waals surface area contributed by atoms with E-state index in [1.165, 1.54) is 17.0 Å². The summed E-state index contributed by atoms with van der Waals surface area (Å²) >= 11 is 0. The number of rotatable bonds is 5. The molecule has 198 valence electrons. The number of benzene rings is 3. The summed E-state index contributed by atoms with van der Waals surface area (Å²) in [4.78, 5) is 27.3. The number of fused-ring (bicyclic) bond motifs is 1. The Balaban J connectivity index is 1.60. The molecule has 1 aliphatic heterocycles. The summed E-state index contributed by atoms with van der Waals surface area (Å²) in [5, 5.41) is 8.54. The van der Waals surface area contributed by atoms with Gasteiger partial charge in [-0.05, 0) is 67.9 Å². The molecule has 1 saturated heterocycles. The summed E-state index contributed by atoms with van der Waals surface area (Å²) in [6.45, 7) is 1.81. The van der Waals surface area contributed by atoms with Crippen LogP contribution < -0.4 is 5.32 Å².